The van der Waals surface area contributed by atoms with Gasteiger partial charge in [0.15, 0.2) is 0 Å². The van der Waals surface area contributed by atoms with Gasteiger partial charge in [-0.25, -0.2) is 4.89 Å². The number of rotatable bonds is 3. The minimum atomic E-state index is -0.157. The average molecular weight is 248 g/mol. The molecule has 2 aliphatic carbocycles. The fourth-order valence-corrected chi connectivity index (χ4v) is 2.82. The first-order chi connectivity index (χ1) is 8.69. The molecule has 2 rings (SSSR count). The van der Waals surface area contributed by atoms with E-state index in [1.807, 2.05) is 6.08 Å². The quantitative estimate of drug-likeness (QED) is 0.452. The van der Waals surface area contributed by atoms with E-state index in [4.69, 9.17) is 5.26 Å². The fourth-order valence-electron chi connectivity index (χ4n) is 2.82. The third-order valence-corrected chi connectivity index (χ3v) is 4.17. The Kier molecular flexibility index (Phi) is 4.79. The number of hydrogen-bond acceptors (Lipinski definition) is 2. The number of hydrogen-bond donors (Lipinski definition) is 1. The molecule has 0 amide bonds. The first-order valence-electron chi connectivity index (χ1n) is 7.00. The van der Waals surface area contributed by atoms with E-state index in [1.54, 1.807) is 0 Å². The third-order valence-electron chi connectivity index (χ3n) is 4.17. The van der Waals surface area contributed by atoms with Crippen molar-refractivity contribution in [2.24, 2.45) is 11.8 Å². The van der Waals surface area contributed by atoms with Crippen LogP contribution in [0.5, 0.6) is 0 Å². The van der Waals surface area contributed by atoms with Gasteiger partial charge in [0.25, 0.3) is 0 Å². The molecular formula is C16H24O2. The Morgan fingerprint density at radius 3 is 2.61 bits per heavy atom. The molecule has 100 valence electrons. The highest BCUT2D eigenvalue weighted by atomic mass is 17.1. The standard InChI is InChI=1S/C16H24O2/c1-12-3-6-14(7-4-12)8-10-15-9-5-13(2)11-16(15)18-17/h3,8,10-11,14-17H,4-7,9H2,1-2H3/b10-8+. The summed E-state index contributed by atoms with van der Waals surface area (Å²) in [6.07, 6.45) is 14.6. The second-order valence-corrected chi connectivity index (χ2v) is 5.76. The number of allylic oxidation sites excluding steroid dienone is 4. The lowest BCUT2D eigenvalue weighted by atomic mass is 9.85. The molecule has 0 saturated carbocycles. The van der Waals surface area contributed by atoms with E-state index in [9.17, 15) is 0 Å². The van der Waals surface area contributed by atoms with Crippen LogP contribution in [0.2, 0.25) is 0 Å². The summed E-state index contributed by atoms with van der Waals surface area (Å²) in [7, 11) is 0. The molecule has 2 aliphatic rings. The molecule has 2 heteroatoms. The van der Waals surface area contributed by atoms with E-state index in [-0.39, 0.29) is 6.10 Å². The first kappa shape index (κ1) is 13.6. The Bertz CT molecular complexity index is 365. The van der Waals surface area contributed by atoms with Crippen LogP contribution in [0.3, 0.4) is 0 Å². The van der Waals surface area contributed by atoms with Gasteiger partial charge in [-0.3, -0.25) is 5.26 Å². The Balaban J connectivity index is 1.92. The molecule has 0 aliphatic heterocycles. The summed E-state index contributed by atoms with van der Waals surface area (Å²) < 4.78 is 0. The SMILES string of the molecule is CC1=CCC(/C=C/C2CCC(C)=CC2OO)CC1. The highest BCUT2D eigenvalue weighted by Gasteiger charge is 2.22. The van der Waals surface area contributed by atoms with Crippen molar-refractivity contribution in [2.45, 2.75) is 52.1 Å². The van der Waals surface area contributed by atoms with E-state index in [2.05, 4.69) is 37.0 Å². The van der Waals surface area contributed by atoms with Gasteiger partial charge in [0.05, 0.1) is 0 Å². The highest BCUT2D eigenvalue weighted by molar-refractivity contribution is 5.14. The molecule has 0 radical (unpaired) electrons. The summed E-state index contributed by atoms with van der Waals surface area (Å²) in [5.41, 5.74) is 2.84. The van der Waals surface area contributed by atoms with Gasteiger partial charge >= 0.3 is 0 Å². The van der Waals surface area contributed by atoms with E-state index < -0.39 is 0 Å². The minimum Gasteiger partial charge on any atom is -0.251 e. The van der Waals surface area contributed by atoms with Crippen LogP contribution in [-0.4, -0.2) is 11.4 Å². The lowest BCUT2D eigenvalue weighted by molar-refractivity contribution is -0.274. The Morgan fingerprint density at radius 2 is 1.94 bits per heavy atom. The van der Waals surface area contributed by atoms with E-state index >= 15 is 0 Å². The molecule has 2 nitrogen and oxygen atoms in total. The molecule has 1 N–H and O–H groups in total. The molecular weight excluding hydrogens is 224 g/mol. The zero-order chi connectivity index (χ0) is 13.0. The van der Waals surface area contributed by atoms with Crippen LogP contribution in [0, 0.1) is 11.8 Å². The molecule has 0 saturated heterocycles. The molecule has 0 aromatic carbocycles. The lowest BCUT2D eigenvalue weighted by Crippen LogP contribution is -2.23. The molecule has 3 unspecified atom stereocenters. The molecule has 18 heavy (non-hydrogen) atoms. The van der Waals surface area contributed by atoms with Gasteiger partial charge in [0, 0.05) is 5.92 Å². The maximum absolute atomic E-state index is 8.96. The zero-order valence-corrected chi connectivity index (χ0v) is 11.4. The molecule has 0 aromatic heterocycles. The van der Waals surface area contributed by atoms with Gasteiger partial charge in [0.2, 0.25) is 0 Å². The van der Waals surface area contributed by atoms with Crippen LogP contribution in [0.4, 0.5) is 0 Å². The predicted molar refractivity (Wildman–Crippen MR) is 74.2 cm³/mol. The Hall–Kier alpha value is -0.860. The van der Waals surface area contributed by atoms with Gasteiger partial charge in [0.1, 0.15) is 6.10 Å². The summed E-state index contributed by atoms with van der Waals surface area (Å²) in [4.78, 5) is 4.59. The van der Waals surface area contributed by atoms with Crippen LogP contribution in [0.25, 0.3) is 0 Å². The summed E-state index contributed by atoms with van der Waals surface area (Å²) in [5, 5.41) is 8.96. The van der Waals surface area contributed by atoms with Crippen LogP contribution in [-0.2, 0) is 4.89 Å². The lowest BCUT2D eigenvalue weighted by Gasteiger charge is -2.25. The second kappa shape index (κ2) is 6.35. The normalized spacial score (nSPS) is 33.4. The van der Waals surface area contributed by atoms with Crippen LogP contribution in [0.1, 0.15) is 46.0 Å². The maximum atomic E-state index is 8.96. The van der Waals surface area contributed by atoms with E-state index in [0.717, 1.165) is 19.3 Å². The largest absolute Gasteiger partial charge is 0.251 e. The van der Waals surface area contributed by atoms with Crippen LogP contribution >= 0.6 is 0 Å². The maximum Gasteiger partial charge on any atom is 0.117 e. The van der Waals surface area contributed by atoms with Crippen molar-refractivity contribution >= 4 is 0 Å². The molecule has 0 spiro atoms. The first-order valence-corrected chi connectivity index (χ1v) is 7.00. The van der Waals surface area contributed by atoms with Crippen molar-refractivity contribution in [3.05, 3.63) is 35.5 Å². The summed E-state index contributed by atoms with van der Waals surface area (Å²) in [6, 6.07) is 0. The second-order valence-electron chi connectivity index (χ2n) is 5.76. The molecule has 0 fully saturated rings. The Labute approximate surface area is 110 Å². The summed E-state index contributed by atoms with van der Waals surface area (Å²) >= 11 is 0. The minimum absolute atomic E-state index is 0.157. The molecule has 0 heterocycles. The average Bonchev–Trinajstić information content (AvgIpc) is 2.39. The van der Waals surface area contributed by atoms with Crippen molar-refractivity contribution in [1.29, 1.82) is 0 Å². The van der Waals surface area contributed by atoms with Crippen molar-refractivity contribution in [2.75, 3.05) is 0 Å². The third kappa shape index (κ3) is 3.56. The smallest absolute Gasteiger partial charge is 0.117 e. The fraction of sp³-hybridized carbons (Fsp3) is 0.625. The van der Waals surface area contributed by atoms with Crippen molar-refractivity contribution in [1.82, 2.24) is 0 Å². The van der Waals surface area contributed by atoms with Crippen molar-refractivity contribution in [3.8, 4) is 0 Å². The van der Waals surface area contributed by atoms with Crippen LogP contribution < -0.4 is 0 Å². The van der Waals surface area contributed by atoms with Gasteiger partial charge in [-0.15, -0.1) is 0 Å². The van der Waals surface area contributed by atoms with Gasteiger partial charge in [-0.05, 0) is 51.9 Å². The van der Waals surface area contributed by atoms with Gasteiger partial charge in [-0.2, -0.15) is 0 Å². The van der Waals surface area contributed by atoms with E-state index in [0.29, 0.717) is 11.8 Å². The monoisotopic (exact) mass is 248 g/mol. The topological polar surface area (TPSA) is 29.5 Å². The van der Waals surface area contributed by atoms with E-state index in [1.165, 1.54) is 24.0 Å². The highest BCUT2D eigenvalue weighted by Crippen LogP contribution is 2.29. The van der Waals surface area contributed by atoms with Gasteiger partial charge in [-0.1, -0.05) is 35.5 Å². The predicted octanol–water partition coefficient (Wildman–Crippen LogP) is 4.50. The Morgan fingerprint density at radius 1 is 1.17 bits per heavy atom. The summed E-state index contributed by atoms with van der Waals surface area (Å²) in [5.74, 6) is 0.991. The van der Waals surface area contributed by atoms with Crippen molar-refractivity contribution in [3.63, 3.8) is 0 Å². The van der Waals surface area contributed by atoms with Crippen molar-refractivity contribution < 1.29 is 10.1 Å². The molecule has 0 aromatic rings. The molecule has 3 atom stereocenters. The van der Waals surface area contributed by atoms with Gasteiger partial charge < -0.3 is 0 Å². The van der Waals surface area contributed by atoms with Crippen LogP contribution in [0.15, 0.2) is 35.5 Å². The summed E-state index contributed by atoms with van der Waals surface area (Å²) in [6.45, 7) is 4.31. The molecule has 0 bridgehead atoms. The zero-order valence-electron chi connectivity index (χ0n) is 11.4.